The molecule has 0 amide bonds. The van der Waals surface area contributed by atoms with E-state index in [4.69, 9.17) is 17.3 Å². The number of fused-ring (bicyclic) bond motifs is 1. The van der Waals surface area contributed by atoms with E-state index in [0.29, 0.717) is 16.4 Å². The number of benzene rings is 2. The fourth-order valence-electron chi connectivity index (χ4n) is 1.92. The predicted octanol–water partition coefficient (Wildman–Crippen LogP) is 3.53. The van der Waals surface area contributed by atoms with Gasteiger partial charge < -0.3 is 5.73 Å². The number of hydrogen-bond donors (Lipinski definition) is 1. The Bertz CT molecular complexity index is 725. The zero-order valence-corrected chi connectivity index (χ0v) is 10.2. The summed E-state index contributed by atoms with van der Waals surface area (Å²) in [4.78, 5) is 0. The Morgan fingerprint density at radius 1 is 0.944 bits per heavy atom. The SMILES string of the molecule is Nc1c(-c2cccc(Cl)c2)nnc2ccccc12. The Labute approximate surface area is 109 Å². The fourth-order valence-corrected chi connectivity index (χ4v) is 2.11. The first kappa shape index (κ1) is 11.0. The molecule has 0 saturated heterocycles. The average molecular weight is 256 g/mol. The largest absolute Gasteiger partial charge is 0.396 e. The molecular weight excluding hydrogens is 246 g/mol. The van der Waals surface area contributed by atoms with E-state index in [1.165, 1.54) is 0 Å². The average Bonchev–Trinajstić information content (AvgIpc) is 2.39. The molecule has 1 heterocycles. The molecule has 0 unspecified atom stereocenters. The lowest BCUT2D eigenvalue weighted by Gasteiger charge is -2.07. The number of nitrogen functional groups attached to an aromatic ring is 1. The van der Waals surface area contributed by atoms with Crippen molar-refractivity contribution in [3.63, 3.8) is 0 Å². The van der Waals surface area contributed by atoms with Gasteiger partial charge in [-0.3, -0.25) is 0 Å². The van der Waals surface area contributed by atoms with Crippen molar-refractivity contribution in [1.82, 2.24) is 10.2 Å². The molecule has 0 aliphatic carbocycles. The first-order valence-electron chi connectivity index (χ1n) is 5.52. The van der Waals surface area contributed by atoms with Gasteiger partial charge in [0.2, 0.25) is 0 Å². The number of anilines is 1. The maximum absolute atomic E-state index is 6.16. The Balaban J connectivity index is 2.27. The first-order valence-corrected chi connectivity index (χ1v) is 5.90. The van der Waals surface area contributed by atoms with E-state index in [-0.39, 0.29) is 0 Å². The Kier molecular flexibility index (Phi) is 2.61. The number of halogens is 1. The molecule has 4 heteroatoms. The number of hydrogen-bond acceptors (Lipinski definition) is 3. The van der Waals surface area contributed by atoms with Crippen LogP contribution < -0.4 is 5.73 Å². The fraction of sp³-hybridized carbons (Fsp3) is 0. The molecule has 3 aromatic rings. The van der Waals surface area contributed by atoms with E-state index in [1.54, 1.807) is 0 Å². The number of nitrogens with two attached hydrogens (primary N) is 1. The second-order valence-corrected chi connectivity index (χ2v) is 4.43. The van der Waals surface area contributed by atoms with Crippen LogP contribution in [0, 0.1) is 0 Å². The molecule has 0 saturated carbocycles. The summed E-state index contributed by atoms with van der Waals surface area (Å²) in [5, 5.41) is 9.92. The van der Waals surface area contributed by atoms with Crippen molar-refractivity contribution in [3.05, 3.63) is 53.6 Å². The van der Waals surface area contributed by atoms with Gasteiger partial charge in [-0.2, -0.15) is 0 Å². The van der Waals surface area contributed by atoms with Crippen molar-refractivity contribution < 1.29 is 0 Å². The van der Waals surface area contributed by atoms with Gasteiger partial charge in [0.05, 0.1) is 11.2 Å². The van der Waals surface area contributed by atoms with E-state index in [9.17, 15) is 0 Å². The molecule has 0 atom stereocenters. The Morgan fingerprint density at radius 2 is 1.78 bits per heavy atom. The minimum atomic E-state index is 0.628. The van der Waals surface area contributed by atoms with Crippen molar-refractivity contribution in [2.45, 2.75) is 0 Å². The van der Waals surface area contributed by atoms with Crippen LogP contribution in [0.3, 0.4) is 0 Å². The van der Waals surface area contributed by atoms with Crippen molar-refractivity contribution in [1.29, 1.82) is 0 Å². The van der Waals surface area contributed by atoms with Crippen LogP contribution in [0.4, 0.5) is 5.69 Å². The van der Waals surface area contributed by atoms with Crippen molar-refractivity contribution in [2.75, 3.05) is 5.73 Å². The standard InChI is InChI=1S/C14H10ClN3/c15-10-5-3-4-9(8-10)14-13(16)11-6-1-2-7-12(11)17-18-14/h1-8H,(H2,16,17). The zero-order chi connectivity index (χ0) is 12.5. The molecule has 0 aliphatic rings. The normalized spacial score (nSPS) is 10.7. The van der Waals surface area contributed by atoms with E-state index in [2.05, 4.69) is 10.2 Å². The van der Waals surface area contributed by atoms with E-state index in [1.807, 2.05) is 48.5 Å². The summed E-state index contributed by atoms with van der Waals surface area (Å²) in [6.45, 7) is 0. The summed E-state index contributed by atoms with van der Waals surface area (Å²) in [5.41, 5.74) is 9.11. The van der Waals surface area contributed by atoms with Crippen LogP contribution in [0.15, 0.2) is 48.5 Å². The van der Waals surface area contributed by atoms with Gasteiger partial charge in [-0.05, 0) is 18.2 Å². The maximum atomic E-state index is 6.16. The summed E-state index contributed by atoms with van der Waals surface area (Å²) in [6.07, 6.45) is 0. The minimum Gasteiger partial charge on any atom is -0.396 e. The van der Waals surface area contributed by atoms with Gasteiger partial charge >= 0.3 is 0 Å². The molecule has 2 N–H and O–H groups in total. The number of aromatic nitrogens is 2. The lowest BCUT2D eigenvalue weighted by molar-refractivity contribution is 1.08. The minimum absolute atomic E-state index is 0.628. The third-order valence-corrected chi connectivity index (χ3v) is 3.04. The molecule has 1 aromatic heterocycles. The smallest absolute Gasteiger partial charge is 0.117 e. The second kappa shape index (κ2) is 4.27. The third-order valence-electron chi connectivity index (χ3n) is 2.81. The molecule has 3 rings (SSSR count). The highest BCUT2D eigenvalue weighted by molar-refractivity contribution is 6.30. The summed E-state index contributed by atoms with van der Waals surface area (Å²) in [6, 6.07) is 15.1. The van der Waals surface area contributed by atoms with Crippen LogP contribution in [0.25, 0.3) is 22.2 Å². The van der Waals surface area contributed by atoms with E-state index >= 15 is 0 Å². The summed E-state index contributed by atoms with van der Waals surface area (Å²) in [5.74, 6) is 0. The Hall–Kier alpha value is -2.13. The maximum Gasteiger partial charge on any atom is 0.117 e. The Morgan fingerprint density at radius 3 is 2.61 bits per heavy atom. The molecule has 88 valence electrons. The molecule has 3 nitrogen and oxygen atoms in total. The molecule has 0 radical (unpaired) electrons. The predicted molar refractivity (Wildman–Crippen MR) is 74.4 cm³/mol. The van der Waals surface area contributed by atoms with Crippen molar-refractivity contribution in [2.24, 2.45) is 0 Å². The summed E-state index contributed by atoms with van der Waals surface area (Å²) >= 11 is 5.98. The van der Waals surface area contributed by atoms with Crippen molar-refractivity contribution in [3.8, 4) is 11.3 Å². The van der Waals surface area contributed by atoms with Crippen LogP contribution in [0.5, 0.6) is 0 Å². The monoisotopic (exact) mass is 255 g/mol. The van der Waals surface area contributed by atoms with Gasteiger partial charge in [0.15, 0.2) is 0 Å². The molecule has 0 bridgehead atoms. The van der Waals surface area contributed by atoms with Gasteiger partial charge in [0.1, 0.15) is 5.69 Å². The first-order chi connectivity index (χ1) is 8.75. The van der Waals surface area contributed by atoms with Gasteiger partial charge in [0.25, 0.3) is 0 Å². The molecule has 0 aliphatic heterocycles. The third kappa shape index (κ3) is 1.79. The highest BCUT2D eigenvalue weighted by atomic mass is 35.5. The lowest BCUT2D eigenvalue weighted by atomic mass is 10.1. The molecule has 0 fully saturated rings. The van der Waals surface area contributed by atoms with Crippen LogP contribution in [0.2, 0.25) is 5.02 Å². The highest BCUT2D eigenvalue weighted by Gasteiger charge is 2.09. The van der Waals surface area contributed by atoms with Gasteiger partial charge in [-0.25, -0.2) is 0 Å². The molecule has 18 heavy (non-hydrogen) atoms. The van der Waals surface area contributed by atoms with Crippen LogP contribution in [-0.2, 0) is 0 Å². The van der Waals surface area contributed by atoms with Gasteiger partial charge in [0, 0.05) is 16.0 Å². The van der Waals surface area contributed by atoms with E-state index in [0.717, 1.165) is 16.5 Å². The van der Waals surface area contributed by atoms with Crippen LogP contribution in [-0.4, -0.2) is 10.2 Å². The number of rotatable bonds is 1. The van der Waals surface area contributed by atoms with Crippen LogP contribution >= 0.6 is 11.6 Å². The zero-order valence-electron chi connectivity index (χ0n) is 9.47. The summed E-state index contributed by atoms with van der Waals surface area (Å²) < 4.78 is 0. The molecule has 2 aromatic carbocycles. The number of nitrogens with zero attached hydrogens (tertiary/aromatic N) is 2. The molecular formula is C14H10ClN3. The lowest BCUT2D eigenvalue weighted by Crippen LogP contribution is -1.97. The van der Waals surface area contributed by atoms with Gasteiger partial charge in [-0.1, -0.05) is 41.9 Å². The quantitative estimate of drug-likeness (QED) is 0.724. The highest BCUT2D eigenvalue weighted by Crippen LogP contribution is 2.29. The molecule has 0 spiro atoms. The van der Waals surface area contributed by atoms with Crippen molar-refractivity contribution >= 4 is 28.2 Å². The van der Waals surface area contributed by atoms with E-state index < -0.39 is 0 Å². The second-order valence-electron chi connectivity index (χ2n) is 3.99. The summed E-state index contributed by atoms with van der Waals surface area (Å²) in [7, 11) is 0. The van der Waals surface area contributed by atoms with Gasteiger partial charge in [-0.15, -0.1) is 10.2 Å². The van der Waals surface area contributed by atoms with Crippen LogP contribution in [0.1, 0.15) is 0 Å². The topological polar surface area (TPSA) is 51.8 Å².